The number of hydrogen-bond acceptors (Lipinski definition) is 3. The fourth-order valence-electron chi connectivity index (χ4n) is 1.96. The van der Waals surface area contributed by atoms with E-state index in [2.05, 4.69) is 5.43 Å². The third-order valence-electron chi connectivity index (χ3n) is 2.71. The normalized spacial score (nSPS) is 33.2. The molecule has 2 N–H and O–H groups in total. The highest BCUT2D eigenvalue weighted by atomic mass is 16.4. The zero-order chi connectivity index (χ0) is 9.42. The standard InChI is InChI=1S/C8H12N2O3/c11-7-4-2-5-1-3-6(8(12)13)9-10(5)7/h5-6,9H,1-4H2,(H,12,13). The van der Waals surface area contributed by atoms with Crippen molar-refractivity contribution in [2.75, 3.05) is 0 Å². The van der Waals surface area contributed by atoms with E-state index < -0.39 is 12.0 Å². The summed E-state index contributed by atoms with van der Waals surface area (Å²) < 4.78 is 0. The fourth-order valence-corrected chi connectivity index (χ4v) is 1.96. The number of nitrogens with one attached hydrogen (secondary N) is 1. The van der Waals surface area contributed by atoms with Crippen LogP contribution in [0, 0.1) is 0 Å². The summed E-state index contributed by atoms with van der Waals surface area (Å²) in [5.41, 5.74) is 2.75. The van der Waals surface area contributed by atoms with Gasteiger partial charge in [0.1, 0.15) is 6.04 Å². The second-order valence-corrected chi connectivity index (χ2v) is 3.55. The molecule has 13 heavy (non-hydrogen) atoms. The Kier molecular flexibility index (Phi) is 1.95. The van der Waals surface area contributed by atoms with Gasteiger partial charge in [0, 0.05) is 12.5 Å². The molecule has 2 aliphatic rings. The summed E-state index contributed by atoms with van der Waals surface area (Å²) in [5.74, 6) is -0.853. The molecule has 0 aromatic rings. The Hall–Kier alpha value is -1.10. The van der Waals surface area contributed by atoms with Crippen molar-refractivity contribution in [3.05, 3.63) is 0 Å². The fraction of sp³-hybridized carbons (Fsp3) is 0.750. The first kappa shape index (κ1) is 8.50. The molecule has 0 aromatic carbocycles. The maximum Gasteiger partial charge on any atom is 0.322 e. The predicted octanol–water partition coefficient (Wildman–Crippen LogP) is -0.271. The molecule has 0 saturated carbocycles. The van der Waals surface area contributed by atoms with Crippen molar-refractivity contribution in [3.8, 4) is 0 Å². The van der Waals surface area contributed by atoms with Crippen molar-refractivity contribution in [3.63, 3.8) is 0 Å². The van der Waals surface area contributed by atoms with E-state index in [0.29, 0.717) is 12.8 Å². The zero-order valence-electron chi connectivity index (χ0n) is 7.19. The van der Waals surface area contributed by atoms with Crippen LogP contribution in [0.5, 0.6) is 0 Å². The molecule has 2 rings (SSSR count). The summed E-state index contributed by atoms with van der Waals surface area (Å²) in [6.45, 7) is 0. The Balaban J connectivity index is 2.05. The van der Waals surface area contributed by atoms with Gasteiger partial charge in [-0.3, -0.25) is 14.6 Å². The van der Waals surface area contributed by atoms with E-state index in [1.807, 2.05) is 0 Å². The Morgan fingerprint density at radius 1 is 1.46 bits per heavy atom. The summed E-state index contributed by atoms with van der Waals surface area (Å²) in [6, 6.07) is -0.360. The highest BCUT2D eigenvalue weighted by Crippen LogP contribution is 2.25. The Labute approximate surface area is 75.7 Å². The lowest BCUT2D eigenvalue weighted by Gasteiger charge is -2.34. The predicted molar refractivity (Wildman–Crippen MR) is 43.7 cm³/mol. The molecular weight excluding hydrogens is 172 g/mol. The summed E-state index contributed by atoms with van der Waals surface area (Å²) in [4.78, 5) is 21.9. The molecule has 2 fully saturated rings. The second-order valence-electron chi connectivity index (χ2n) is 3.55. The Bertz CT molecular complexity index is 254. The number of carboxylic acids is 1. The summed E-state index contributed by atoms with van der Waals surface area (Å²) in [7, 11) is 0. The number of amides is 1. The van der Waals surface area contributed by atoms with Crippen LogP contribution in [0.4, 0.5) is 0 Å². The van der Waals surface area contributed by atoms with Gasteiger partial charge >= 0.3 is 5.97 Å². The van der Waals surface area contributed by atoms with Crippen molar-refractivity contribution >= 4 is 11.9 Å². The molecule has 2 saturated heterocycles. The molecule has 1 amide bonds. The number of carbonyl (C=O) groups is 2. The molecular formula is C8H12N2O3. The third kappa shape index (κ3) is 1.39. The van der Waals surface area contributed by atoms with Gasteiger partial charge in [0.05, 0.1) is 0 Å². The number of rotatable bonds is 1. The van der Waals surface area contributed by atoms with Gasteiger partial charge in [0.2, 0.25) is 5.91 Å². The lowest BCUT2D eigenvalue weighted by Crippen LogP contribution is -2.56. The molecule has 0 aliphatic carbocycles. The average Bonchev–Trinajstić information content (AvgIpc) is 2.47. The Morgan fingerprint density at radius 3 is 2.92 bits per heavy atom. The summed E-state index contributed by atoms with van der Waals surface area (Å²) >= 11 is 0. The van der Waals surface area contributed by atoms with Gasteiger partial charge in [-0.2, -0.15) is 0 Å². The molecule has 0 aromatic heterocycles. The minimum atomic E-state index is -0.877. The van der Waals surface area contributed by atoms with Gasteiger partial charge in [-0.1, -0.05) is 0 Å². The van der Waals surface area contributed by atoms with Crippen LogP contribution in [-0.2, 0) is 9.59 Å². The zero-order valence-corrected chi connectivity index (χ0v) is 7.19. The van der Waals surface area contributed by atoms with Crippen LogP contribution in [0.1, 0.15) is 25.7 Å². The quantitative estimate of drug-likeness (QED) is 0.588. The first-order valence-electron chi connectivity index (χ1n) is 4.49. The number of nitrogens with zero attached hydrogens (tertiary/aromatic N) is 1. The van der Waals surface area contributed by atoms with Crippen LogP contribution in [0.25, 0.3) is 0 Å². The van der Waals surface area contributed by atoms with Crippen LogP contribution >= 0.6 is 0 Å². The molecule has 72 valence electrons. The van der Waals surface area contributed by atoms with Gasteiger partial charge in [-0.05, 0) is 19.3 Å². The molecule has 2 unspecified atom stereocenters. The molecule has 2 atom stereocenters. The van der Waals surface area contributed by atoms with E-state index in [-0.39, 0.29) is 11.9 Å². The van der Waals surface area contributed by atoms with Crippen LogP contribution in [0.15, 0.2) is 0 Å². The number of fused-ring (bicyclic) bond motifs is 1. The molecule has 2 aliphatic heterocycles. The molecule has 0 spiro atoms. The molecule has 0 bridgehead atoms. The topological polar surface area (TPSA) is 69.6 Å². The van der Waals surface area contributed by atoms with Crippen LogP contribution in [-0.4, -0.2) is 34.1 Å². The van der Waals surface area contributed by atoms with Gasteiger partial charge in [-0.25, -0.2) is 5.43 Å². The minimum absolute atomic E-state index is 0.0240. The van der Waals surface area contributed by atoms with E-state index in [9.17, 15) is 9.59 Å². The number of aliphatic carboxylic acids is 1. The van der Waals surface area contributed by atoms with E-state index in [0.717, 1.165) is 12.8 Å². The largest absolute Gasteiger partial charge is 0.480 e. The molecule has 5 heteroatoms. The van der Waals surface area contributed by atoms with Crippen LogP contribution in [0.3, 0.4) is 0 Å². The second kappa shape index (κ2) is 2.99. The molecule has 0 radical (unpaired) electrons. The maximum absolute atomic E-state index is 11.2. The van der Waals surface area contributed by atoms with Crippen molar-refractivity contribution in [1.29, 1.82) is 0 Å². The number of hydrogen-bond donors (Lipinski definition) is 2. The highest BCUT2D eigenvalue weighted by Gasteiger charge is 2.38. The van der Waals surface area contributed by atoms with E-state index in [1.165, 1.54) is 5.01 Å². The van der Waals surface area contributed by atoms with Crippen molar-refractivity contribution in [2.45, 2.75) is 37.8 Å². The number of carboxylic acid groups (broad SMARTS) is 1. The van der Waals surface area contributed by atoms with Crippen LogP contribution < -0.4 is 5.43 Å². The first-order valence-corrected chi connectivity index (χ1v) is 4.49. The monoisotopic (exact) mass is 184 g/mol. The first-order chi connectivity index (χ1) is 6.18. The SMILES string of the molecule is O=C(O)C1CCC2CCC(=O)N2N1. The minimum Gasteiger partial charge on any atom is -0.480 e. The summed E-state index contributed by atoms with van der Waals surface area (Å²) in [6.07, 6.45) is 2.82. The van der Waals surface area contributed by atoms with Gasteiger partial charge < -0.3 is 5.11 Å². The third-order valence-corrected chi connectivity index (χ3v) is 2.71. The van der Waals surface area contributed by atoms with Crippen molar-refractivity contribution < 1.29 is 14.7 Å². The van der Waals surface area contributed by atoms with Gasteiger partial charge in [0.25, 0.3) is 0 Å². The smallest absolute Gasteiger partial charge is 0.322 e. The highest BCUT2D eigenvalue weighted by molar-refractivity contribution is 5.80. The lowest BCUT2D eigenvalue weighted by molar-refractivity contribution is -0.146. The van der Waals surface area contributed by atoms with Gasteiger partial charge in [0.15, 0.2) is 0 Å². The average molecular weight is 184 g/mol. The maximum atomic E-state index is 11.2. The van der Waals surface area contributed by atoms with E-state index >= 15 is 0 Å². The number of hydrazine groups is 1. The van der Waals surface area contributed by atoms with Crippen molar-refractivity contribution in [2.24, 2.45) is 0 Å². The van der Waals surface area contributed by atoms with E-state index in [1.54, 1.807) is 0 Å². The molecule has 2 heterocycles. The van der Waals surface area contributed by atoms with E-state index in [4.69, 9.17) is 5.11 Å². The van der Waals surface area contributed by atoms with Crippen LogP contribution in [0.2, 0.25) is 0 Å². The summed E-state index contributed by atoms with van der Waals surface area (Å²) in [5, 5.41) is 10.2. The van der Waals surface area contributed by atoms with Gasteiger partial charge in [-0.15, -0.1) is 0 Å². The Morgan fingerprint density at radius 2 is 2.23 bits per heavy atom. The molecule has 5 nitrogen and oxygen atoms in total. The number of carbonyl (C=O) groups excluding carboxylic acids is 1. The lowest BCUT2D eigenvalue weighted by atomic mass is 10.0. The van der Waals surface area contributed by atoms with Crippen molar-refractivity contribution in [1.82, 2.24) is 10.4 Å².